The van der Waals surface area contributed by atoms with Gasteiger partial charge in [0.15, 0.2) is 0 Å². The zero-order valence-corrected chi connectivity index (χ0v) is 48.4. The van der Waals surface area contributed by atoms with Crippen LogP contribution in [0.4, 0.5) is 0 Å². The number of aromatic nitrogens is 4. The number of furan rings is 1. The number of hydrogen-bond acceptors (Lipinski definition) is 3. The molecule has 9 aromatic carbocycles. The fraction of sp³-hybridized carbons (Fsp3) is 0.222. The third-order valence-electron chi connectivity index (χ3n) is 14.5. The first-order valence-electron chi connectivity index (χ1n) is 34.7. The smallest absolute Gasteiger partial charge is 0.120 e. The summed E-state index contributed by atoms with van der Waals surface area (Å²) in [6, 6.07) is 62.0. The summed E-state index contributed by atoms with van der Waals surface area (Å²) in [5.41, 5.74) is 9.70. The normalized spacial score (nSPS) is 16.1. The number of nitrogens with zero attached hydrogens (tertiary/aromatic N) is 4. The fourth-order valence-electron chi connectivity index (χ4n) is 10.5. The molecule has 3 aromatic heterocycles. The van der Waals surface area contributed by atoms with E-state index < -0.39 is 70.9 Å². The summed E-state index contributed by atoms with van der Waals surface area (Å²) < 4.78 is 154. The van der Waals surface area contributed by atoms with E-state index in [1.807, 2.05) is 30.3 Å². The molecule has 0 atom stereocenters. The second kappa shape index (κ2) is 22.4. The minimum Gasteiger partial charge on any atom is -0.501 e. The van der Waals surface area contributed by atoms with E-state index in [-0.39, 0.29) is 53.7 Å². The van der Waals surface area contributed by atoms with Crippen molar-refractivity contribution in [2.24, 2.45) is 0 Å². The zero-order valence-electron chi connectivity index (χ0n) is 62.0. The van der Waals surface area contributed by atoms with Crippen LogP contribution < -0.4 is 5.19 Å². The van der Waals surface area contributed by atoms with Gasteiger partial charge in [0, 0.05) is 60.2 Å². The van der Waals surface area contributed by atoms with Crippen LogP contribution in [-0.4, -0.2) is 27.2 Å². The predicted octanol–water partition coefficient (Wildman–Crippen LogP) is 19.6. The Morgan fingerprint density at radius 3 is 1.72 bits per heavy atom. The Bertz CT molecular complexity index is 4750. The zero-order chi connectivity index (χ0) is 68.9. The van der Waals surface area contributed by atoms with Gasteiger partial charge in [0.25, 0.3) is 0 Å². The Labute approximate surface area is 505 Å². The minimum absolute atomic E-state index is 0. The van der Waals surface area contributed by atoms with Gasteiger partial charge in [-0.05, 0) is 105 Å². The SMILES string of the molecule is CC(C)c1cc(-c2ccccc2)cc(C(C)C)c1-n1c(-c2[c-]ccc3c2oc2ccccc23)nc2ccccc21.[2H]C([2H])([2H])c1c[c-]c(-c2nc3ccccc3n2-c2c(C([2H])(C([2H])([2H])[2H])C([2H])([2H])[2H])cccc2C([2H])(C([2H])([2H])[2H])C([2H])([2H])[2H])cc1-c1ccc([Si](C)(C)C)cc1.[Ir]. The first kappa shape index (κ1) is 37.5. The number of rotatable bonds is 11. The van der Waals surface area contributed by atoms with Crippen molar-refractivity contribution in [3.8, 4) is 56.4 Å². The van der Waals surface area contributed by atoms with Gasteiger partial charge in [-0.1, -0.05) is 219 Å². The van der Waals surface area contributed by atoms with E-state index in [2.05, 4.69) is 149 Å². The van der Waals surface area contributed by atoms with Crippen LogP contribution in [-0.2, 0) is 20.1 Å². The molecule has 399 valence electrons. The average molecular weight is 1240 g/mol. The van der Waals surface area contributed by atoms with Crippen LogP contribution in [0.1, 0.15) is 130 Å². The molecule has 0 spiro atoms. The van der Waals surface area contributed by atoms with Gasteiger partial charge in [0.1, 0.15) is 5.58 Å². The van der Waals surface area contributed by atoms with E-state index in [4.69, 9.17) is 34.9 Å². The molecule has 12 aromatic rings. The number of para-hydroxylation sites is 6. The summed E-state index contributed by atoms with van der Waals surface area (Å²) in [6.07, 6.45) is 0. The predicted molar refractivity (Wildman–Crippen MR) is 333 cm³/mol. The number of fused-ring (bicyclic) bond motifs is 5. The van der Waals surface area contributed by atoms with Gasteiger partial charge in [-0.2, -0.15) is 0 Å². The topological polar surface area (TPSA) is 48.8 Å². The number of imidazole rings is 2. The maximum absolute atomic E-state index is 9.24. The van der Waals surface area contributed by atoms with Crippen LogP contribution in [0.5, 0.6) is 0 Å². The molecule has 0 aliphatic rings. The van der Waals surface area contributed by atoms with Crippen molar-refractivity contribution in [1.29, 1.82) is 0 Å². The van der Waals surface area contributed by atoms with Crippen molar-refractivity contribution in [1.82, 2.24) is 19.1 Å². The molecule has 0 amide bonds. The second-order valence-electron chi connectivity index (χ2n) is 21.3. The summed E-state index contributed by atoms with van der Waals surface area (Å²) in [7, 11) is -1.75. The third kappa shape index (κ3) is 10.4. The molecule has 12 rings (SSSR count). The van der Waals surface area contributed by atoms with Crippen LogP contribution >= 0.6 is 0 Å². The van der Waals surface area contributed by atoms with E-state index in [1.54, 1.807) is 30.3 Å². The molecule has 0 saturated carbocycles. The second-order valence-corrected chi connectivity index (χ2v) is 26.4. The van der Waals surface area contributed by atoms with Crippen LogP contribution in [0.25, 0.3) is 100 Å². The van der Waals surface area contributed by atoms with Crippen LogP contribution in [0.15, 0.2) is 186 Å². The summed E-state index contributed by atoms with van der Waals surface area (Å²) >= 11 is 0. The molecule has 0 aliphatic heterocycles. The van der Waals surface area contributed by atoms with Crippen LogP contribution in [0.2, 0.25) is 19.6 Å². The first-order chi connectivity index (χ1) is 44.4. The van der Waals surface area contributed by atoms with Gasteiger partial charge in [-0.3, -0.25) is 9.97 Å². The standard InChI is InChI=1S/C37H31N2O.C35H39N2Si.Ir/c1-23(2)30-21-26(25-13-6-5-7-14-25)22-31(24(3)4)35(30)39-33-19-10-9-18-32(33)38-37(39)29-17-12-16-28-27-15-8-11-20-34(27)40-36(28)29;1-23(2)29-12-11-13-30(24(3)4)34(29)37-33-15-10-9-14-32(33)36-35(37)27-17-16-25(5)31(22-27)26-18-20-28(21-19-26)38(6,7)8;/h5-16,18-24H,1-4H3;9-16,18-24H,1-8H3;/q2*-1;/i;1D3,2D3,3D3,4D3,5D3,23D,24D;. The summed E-state index contributed by atoms with van der Waals surface area (Å²) in [6.45, 7) is -1.47. The maximum Gasteiger partial charge on any atom is 0.120 e. The molecule has 79 heavy (non-hydrogen) atoms. The monoisotopic (exact) mass is 1240 g/mol. The van der Waals surface area contributed by atoms with Crippen LogP contribution in [0, 0.1) is 19.0 Å². The Balaban J connectivity index is 0.000000216. The minimum atomic E-state index is -3.62. The molecular formula is C72H70IrN4OSi-2. The quantitative estimate of drug-likeness (QED) is 0.0958. The maximum atomic E-state index is 9.24. The summed E-state index contributed by atoms with van der Waals surface area (Å²) in [5, 5.41) is 3.30. The van der Waals surface area contributed by atoms with Crippen molar-refractivity contribution in [3.05, 3.63) is 222 Å². The van der Waals surface area contributed by atoms with E-state index in [0.717, 1.165) is 72.3 Å². The summed E-state index contributed by atoms with van der Waals surface area (Å²) in [4.78, 5) is 9.97. The largest absolute Gasteiger partial charge is 0.501 e. The average Bonchev–Trinajstić information content (AvgIpc) is 1.06. The Hall–Kier alpha value is -7.41. The fourth-order valence-corrected chi connectivity index (χ4v) is 11.7. The van der Waals surface area contributed by atoms with Crippen LogP contribution in [0.3, 0.4) is 0 Å². The molecular weight excluding hydrogens is 1160 g/mol. The van der Waals surface area contributed by atoms with Gasteiger partial charge in [-0.15, -0.1) is 47.5 Å². The van der Waals surface area contributed by atoms with Gasteiger partial charge in [-0.25, -0.2) is 0 Å². The Morgan fingerprint density at radius 1 is 0.544 bits per heavy atom. The molecule has 0 bridgehead atoms. The molecule has 0 saturated heterocycles. The van der Waals surface area contributed by atoms with E-state index in [1.165, 1.54) is 46.1 Å². The van der Waals surface area contributed by atoms with Crippen molar-refractivity contribution in [2.45, 2.75) is 105 Å². The Morgan fingerprint density at radius 2 is 1.11 bits per heavy atom. The molecule has 0 fully saturated rings. The van der Waals surface area contributed by atoms with Gasteiger partial charge in [0.05, 0.1) is 47.4 Å². The first-order valence-corrected chi connectivity index (χ1v) is 29.7. The molecule has 0 aliphatic carbocycles. The molecule has 5 nitrogen and oxygen atoms in total. The van der Waals surface area contributed by atoms with Gasteiger partial charge < -0.3 is 13.6 Å². The number of benzene rings is 9. The molecule has 1 radical (unpaired) electrons. The van der Waals surface area contributed by atoms with Gasteiger partial charge in [0.2, 0.25) is 0 Å². The van der Waals surface area contributed by atoms with Crippen molar-refractivity contribution >= 4 is 57.3 Å². The molecule has 0 N–H and O–H groups in total. The van der Waals surface area contributed by atoms with E-state index in [0.29, 0.717) is 17.4 Å². The number of aryl methyl sites for hydroxylation is 1. The van der Waals surface area contributed by atoms with Crippen molar-refractivity contribution in [3.63, 3.8) is 0 Å². The molecule has 7 heteroatoms. The molecule has 3 heterocycles. The Kier molecular flexibility index (Phi) is 10.6. The van der Waals surface area contributed by atoms with Gasteiger partial charge >= 0.3 is 0 Å². The molecule has 0 unspecified atom stereocenters. The van der Waals surface area contributed by atoms with Crippen molar-refractivity contribution < 1.29 is 47.8 Å². The number of hydrogen-bond donors (Lipinski definition) is 0. The van der Waals surface area contributed by atoms with Crippen molar-refractivity contribution in [2.75, 3.05) is 0 Å². The third-order valence-corrected chi connectivity index (χ3v) is 16.5. The van der Waals surface area contributed by atoms with E-state index >= 15 is 0 Å². The summed E-state index contributed by atoms with van der Waals surface area (Å²) in [5.74, 6) is -5.70. The van der Waals surface area contributed by atoms with E-state index in [9.17, 15) is 2.74 Å².